The second-order valence-corrected chi connectivity index (χ2v) is 4.81. The Morgan fingerprint density at radius 3 is 2.94 bits per heavy atom. The van der Waals surface area contributed by atoms with Crippen molar-refractivity contribution in [1.82, 2.24) is 0 Å². The molecule has 0 amide bonds. The van der Waals surface area contributed by atoms with Gasteiger partial charge in [0, 0.05) is 12.0 Å². The van der Waals surface area contributed by atoms with Crippen LogP contribution in [0.2, 0.25) is 0 Å². The third-order valence-corrected chi connectivity index (χ3v) is 3.57. The Bertz CT molecular complexity index is 409. The predicted molar refractivity (Wildman–Crippen MR) is 68.2 cm³/mol. The minimum absolute atomic E-state index is 0.155. The summed E-state index contributed by atoms with van der Waals surface area (Å²) in [6, 6.07) is 5.82. The number of fused-ring (bicyclic) bond motifs is 1. The van der Waals surface area contributed by atoms with Gasteiger partial charge in [-0.15, -0.1) is 0 Å². The number of hydrogen-bond donors (Lipinski definition) is 1. The number of rotatable bonds is 2. The molecule has 0 aromatic heterocycles. The van der Waals surface area contributed by atoms with Crippen molar-refractivity contribution in [3.8, 4) is 0 Å². The highest BCUT2D eigenvalue weighted by atomic mass is 16.3. The maximum absolute atomic E-state index is 11.7. The molecule has 92 valence electrons. The average Bonchev–Trinajstić information content (AvgIpc) is 2.35. The average molecular weight is 232 g/mol. The van der Waals surface area contributed by atoms with Crippen LogP contribution in [0.1, 0.15) is 66.6 Å². The van der Waals surface area contributed by atoms with Crippen molar-refractivity contribution in [2.24, 2.45) is 0 Å². The van der Waals surface area contributed by atoms with Crippen molar-refractivity contribution in [3.63, 3.8) is 0 Å². The number of ketones is 1. The highest BCUT2D eigenvalue weighted by molar-refractivity contribution is 5.96. The minimum Gasteiger partial charge on any atom is -0.388 e. The van der Waals surface area contributed by atoms with Crippen molar-refractivity contribution < 1.29 is 9.90 Å². The lowest BCUT2D eigenvalue weighted by molar-refractivity contribution is 0.0987. The van der Waals surface area contributed by atoms with Crippen LogP contribution in [0.4, 0.5) is 0 Å². The summed E-state index contributed by atoms with van der Waals surface area (Å²) in [7, 11) is 0. The highest BCUT2D eigenvalue weighted by Crippen LogP contribution is 2.28. The Hall–Kier alpha value is -1.15. The number of benzene rings is 1. The Balaban J connectivity index is 2.36. The van der Waals surface area contributed by atoms with Gasteiger partial charge in [0.25, 0.3) is 0 Å². The van der Waals surface area contributed by atoms with E-state index in [2.05, 4.69) is 0 Å². The quantitative estimate of drug-likeness (QED) is 0.793. The zero-order valence-electron chi connectivity index (χ0n) is 10.4. The Labute approximate surface area is 103 Å². The molecule has 0 saturated heterocycles. The summed E-state index contributed by atoms with van der Waals surface area (Å²) in [5, 5.41) is 10.1. The van der Waals surface area contributed by atoms with Crippen molar-refractivity contribution >= 4 is 5.78 Å². The predicted octanol–water partition coefficient (Wildman–Crippen LogP) is 3.43. The van der Waals surface area contributed by atoms with Crippen LogP contribution < -0.4 is 0 Å². The molecule has 0 fully saturated rings. The molecule has 1 unspecified atom stereocenters. The summed E-state index contributed by atoms with van der Waals surface area (Å²) >= 11 is 0. The third kappa shape index (κ3) is 2.75. The van der Waals surface area contributed by atoms with Crippen LogP contribution in [0, 0.1) is 0 Å². The first-order valence-electron chi connectivity index (χ1n) is 6.56. The Morgan fingerprint density at radius 1 is 1.35 bits per heavy atom. The van der Waals surface area contributed by atoms with E-state index in [4.69, 9.17) is 0 Å². The van der Waals surface area contributed by atoms with Crippen LogP contribution >= 0.6 is 0 Å². The van der Waals surface area contributed by atoms with Crippen molar-refractivity contribution in [3.05, 3.63) is 34.9 Å². The maximum Gasteiger partial charge on any atom is 0.162 e. The molecule has 0 aliphatic heterocycles. The van der Waals surface area contributed by atoms with Gasteiger partial charge in [-0.1, -0.05) is 31.9 Å². The molecule has 1 aromatic carbocycles. The number of aryl methyl sites for hydroxylation is 1. The van der Waals surface area contributed by atoms with Crippen LogP contribution in [0.25, 0.3) is 0 Å². The SMILES string of the molecule is CCC(=O)c1ccc2c(c1)C(O)CCCCC2. The molecule has 1 N–H and O–H groups in total. The maximum atomic E-state index is 11.7. The van der Waals surface area contributed by atoms with Gasteiger partial charge in [-0.05, 0) is 36.5 Å². The van der Waals surface area contributed by atoms with Crippen molar-refractivity contribution in [1.29, 1.82) is 0 Å². The van der Waals surface area contributed by atoms with E-state index in [1.54, 1.807) is 0 Å². The summed E-state index contributed by atoms with van der Waals surface area (Å²) in [5.41, 5.74) is 2.93. The van der Waals surface area contributed by atoms with E-state index in [1.165, 1.54) is 18.4 Å². The first-order chi connectivity index (χ1) is 8.22. The van der Waals surface area contributed by atoms with Crippen molar-refractivity contribution in [2.75, 3.05) is 0 Å². The lowest BCUT2D eigenvalue weighted by Gasteiger charge is -2.19. The van der Waals surface area contributed by atoms with Crippen LogP contribution in [-0.2, 0) is 6.42 Å². The number of aliphatic hydroxyl groups is 1. The largest absolute Gasteiger partial charge is 0.388 e. The van der Waals surface area contributed by atoms with E-state index >= 15 is 0 Å². The summed E-state index contributed by atoms with van der Waals surface area (Å²) < 4.78 is 0. The molecule has 0 heterocycles. The van der Waals surface area contributed by atoms with E-state index in [0.717, 1.165) is 30.4 Å². The van der Waals surface area contributed by atoms with E-state index in [1.807, 2.05) is 25.1 Å². The van der Waals surface area contributed by atoms with E-state index in [9.17, 15) is 9.90 Å². The van der Waals surface area contributed by atoms with Crippen LogP contribution in [0.5, 0.6) is 0 Å². The molecular weight excluding hydrogens is 212 g/mol. The molecule has 1 aliphatic carbocycles. The van der Waals surface area contributed by atoms with Crippen molar-refractivity contribution in [2.45, 2.75) is 51.6 Å². The lowest BCUT2D eigenvalue weighted by Crippen LogP contribution is -2.08. The highest BCUT2D eigenvalue weighted by Gasteiger charge is 2.16. The molecule has 17 heavy (non-hydrogen) atoms. The monoisotopic (exact) mass is 232 g/mol. The van der Waals surface area contributed by atoms with E-state index < -0.39 is 6.10 Å². The fourth-order valence-electron chi connectivity index (χ4n) is 2.50. The van der Waals surface area contributed by atoms with E-state index in [0.29, 0.717) is 6.42 Å². The topological polar surface area (TPSA) is 37.3 Å². The molecule has 0 saturated carbocycles. The van der Waals surface area contributed by atoms with Crippen LogP contribution in [0.3, 0.4) is 0 Å². The standard InChI is InChI=1S/C15H20O2/c1-2-14(16)12-9-8-11-6-4-3-5-7-15(17)13(11)10-12/h8-10,15,17H,2-7H2,1H3. The zero-order chi connectivity index (χ0) is 12.3. The normalized spacial score (nSPS) is 20.2. The zero-order valence-corrected chi connectivity index (χ0v) is 10.4. The minimum atomic E-state index is -0.394. The van der Waals surface area contributed by atoms with Gasteiger partial charge in [-0.25, -0.2) is 0 Å². The third-order valence-electron chi connectivity index (χ3n) is 3.57. The number of carbonyl (C=O) groups is 1. The fourth-order valence-corrected chi connectivity index (χ4v) is 2.50. The molecule has 2 nitrogen and oxygen atoms in total. The molecule has 2 rings (SSSR count). The van der Waals surface area contributed by atoms with E-state index in [-0.39, 0.29) is 5.78 Å². The second kappa shape index (κ2) is 5.46. The van der Waals surface area contributed by atoms with Gasteiger partial charge in [0.2, 0.25) is 0 Å². The fraction of sp³-hybridized carbons (Fsp3) is 0.533. The number of aliphatic hydroxyl groups excluding tert-OH is 1. The lowest BCUT2D eigenvalue weighted by atomic mass is 9.89. The summed E-state index contributed by atoms with van der Waals surface area (Å²) in [6.45, 7) is 1.87. The first kappa shape index (κ1) is 12.3. The van der Waals surface area contributed by atoms with Gasteiger partial charge < -0.3 is 5.11 Å². The molecule has 0 bridgehead atoms. The molecule has 1 aromatic rings. The van der Waals surface area contributed by atoms with Gasteiger partial charge >= 0.3 is 0 Å². The van der Waals surface area contributed by atoms with Gasteiger partial charge in [0.15, 0.2) is 5.78 Å². The Kier molecular flexibility index (Phi) is 3.95. The second-order valence-electron chi connectivity index (χ2n) is 4.81. The summed E-state index contributed by atoms with van der Waals surface area (Å²) in [4.78, 5) is 11.7. The first-order valence-corrected chi connectivity index (χ1v) is 6.56. The molecule has 2 heteroatoms. The summed E-state index contributed by atoms with van der Waals surface area (Å²) in [6.07, 6.45) is 5.41. The molecule has 0 radical (unpaired) electrons. The molecular formula is C15H20O2. The smallest absolute Gasteiger partial charge is 0.162 e. The number of carbonyl (C=O) groups excluding carboxylic acids is 1. The molecule has 0 spiro atoms. The molecule has 1 aliphatic rings. The van der Waals surface area contributed by atoms with Gasteiger partial charge in [0.1, 0.15) is 0 Å². The van der Waals surface area contributed by atoms with Crippen LogP contribution in [0.15, 0.2) is 18.2 Å². The summed E-state index contributed by atoms with van der Waals surface area (Å²) in [5.74, 6) is 0.155. The molecule has 1 atom stereocenters. The van der Waals surface area contributed by atoms with Gasteiger partial charge in [0.05, 0.1) is 6.10 Å². The van der Waals surface area contributed by atoms with Gasteiger partial charge in [-0.3, -0.25) is 4.79 Å². The number of Topliss-reactive ketones (excluding diaryl/α,β-unsaturated/α-hetero) is 1. The van der Waals surface area contributed by atoms with Gasteiger partial charge in [-0.2, -0.15) is 0 Å². The number of hydrogen-bond acceptors (Lipinski definition) is 2. The Morgan fingerprint density at radius 2 is 2.18 bits per heavy atom. The van der Waals surface area contributed by atoms with Crippen LogP contribution in [-0.4, -0.2) is 10.9 Å².